The van der Waals surface area contributed by atoms with Gasteiger partial charge in [0.1, 0.15) is 5.65 Å². The van der Waals surface area contributed by atoms with Crippen LogP contribution in [0.15, 0.2) is 24.5 Å². The van der Waals surface area contributed by atoms with Gasteiger partial charge in [0.15, 0.2) is 5.78 Å². The summed E-state index contributed by atoms with van der Waals surface area (Å²) in [5, 5.41) is 0.965. The number of ketones is 1. The second-order valence-corrected chi connectivity index (χ2v) is 5.15. The molecule has 2 heterocycles. The van der Waals surface area contributed by atoms with Crippen molar-refractivity contribution in [2.45, 2.75) is 38.5 Å². The molecule has 1 fully saturated rings. The summed E-state index contributed by atoms with van der Waals surface area (Å²) >= 11 is 0. The second-order valence-electron chi connectivity index (χ2n) is 5.15. The molecule has 1 aliphatic rings. The number of aromatic amines is 1. The Hall–Kier alpha value is -1.64. The number of H-pyrrole nitrogens is 1. The minimum atomic E-state index is 0.215. The van der Waals surface area contributed by atoms with Crippen molar-refractivity contribution >= 4 is 16.8 Å². The van der Waals surface area contributed by atoms with E-state index in [0.717, 1.165) is 29.4 Å². The molecule has 0 radical (unpaired) electrons. The molecular formula is C15H18N2O. The van der Waals surface area contributed by atoms with Crippen molar-refractivity contribution in [1.82, 2.24) is 9.97 Å². The van der Waals surface area contributed by atoms with Crippen LogP contribution in [0.5, 0.6) is 0 Å². The SMILES string of the molecule is O=C(c1c[nH]c2ncccc12)C1CCCCCC1. The molecule has 0 atom stereocenters. The van der Waals surface area contributed by atoms with Crippen molar-refractivity contribution < 1.29 is 4.79 Å². The van der Waals surface area contributed by atoms with Gasteiger partial charge in [-0.15, -0.1) is 0 Å². The van der Waals surface area contributed by atoms with Crippen LogP contribution in [0.3, 0.4) is 0 Å². The number of aromatic nitrogens is 2. The first-order chi connectivity index (χ1) is 8.86. The van der Waals surface area contributed by atoms with E-state index in [0.29, 0.717) is 5.78 Å². The average molecular weight is 242 g/mol. The Morgan fingerprint density at radius 3 is 2.78 bits per heavy atom. The maximum Gasteiger partial charge on any atom is 0.168 e. The van der Waals surface area contributed by atoms with Gasteiger partial charge < -0.3 is 4.98 Å². The van der Waals surface area contributed by atoms with Crippen LogP contribution in [-0.2, 0) is 0 Å². The molecule has 3 heteroatoms. The van der Waals surface area contributed by atoms with Crippen molar-refractivity contribution in [3.8, 4) is 0 Å². The first-order valence-electron chi connectivity index (χ1n) is 6.82. The quantitative estimate of drug-likeness (QED) is 0.644. The van der Waals surface area contributed by atoms with E-state index in [-0.39, 0.29) is 5.92 Å². The van der Waals surface area contributed by atoms with Gasteiger partial charge in [0.05, 0.1) is 0 Å². The Morgan fingerprint density at radius 1 is 1.22 bits per heavy atom. The highest BCUT2D eigenvalue weighted by molar-refractivity contribution is 6.08. The molecule has 0 unspecified atom stereocenters. The predicted molar refractivity (Wildman–Crippen MR) is 71.6 cm³/mol. The average Bonchev–Trinajstić information content (AvgIpc) is 2.65. The molecule has 0 aliphatic heterocycles. The van der Waals surface area contributed by atoms with Gasteiger partial charge >= 0.3 is 0 Å². The van der Waals surface area contributed by atoms with Gasteiger partial charge in [-0.05, 0) is 25.0 Å². The molecule has 18 heavy (non-hydrogen) atoms. The van der Waals surface area contributed by atoms with Crippen LogP contribution in [0.1, 0.15) is 48.9 Å². The zero-order valence-electron chi connectivity index (χ0n) is 10.5. The molecule has 2 aromatic rings. The standard InChI is InChI=1S/C15H18N2O/c18-14(11-6-3-1-2-4-7-11)13-10-17-15-12(13)8-5-9-16-15/h5,8-11H,1-4,6-7H2,(H,16,17). The predicted octanol–water partition coefficient (Wildman–Crippen LogP) is 3.72. The van der Waals surface area contributed by atoms with Crippen molar-refractivity contribution in [3.05, 3.63) is 30.1 Å². The Labute approximate surface area is 107 Å². The van der Waals surface area contributed by atoms with E-state index in [1.165, 1.54) is 25.7 Å². The minimum absolute atomic E-state index is 0.215. The zero-order chi connectivity index (χ0) is 12.4. The van der Waals surface area contributed by atoms with E-state index in [2.05, 4.69) is 9.97 Å². The van der Waals surface area contributed by atoms with Gasteiger partial charge in [0.25, 0.3) is 0 Å². The van der Waals surface area contributed by atoms with Crippen LogP contribution in [0.2, 0.25) is 0 Å². The fourth-order valence-corrected chi connectivity index (χ4v) is 2.92. The Bertz CT molecular complexity index is 550. The van der Waals surface area contributed by atoms with Crippen LogP contribution in [0.25, 0.3) is 11.0 Å². The molecule has 1 aliphatic carbocycles. The lowest BCUT2D eigenvalue weighted by molar-refractivity contribution is 0.0909. The molecule has 94 valence electrons. The maximum atomic E-state index is 12.6. The molecule has 1 N–H and O–H groups in total. The summed E-state index contributed by atoms with van der Waals surface area (Å²) < 4.78 is 0. The third kappa shape index (κ3) is 2.05. The minimum Gasteiger partial charge on any atom is -0.345 e. The van der Waals surface area contributed by atoms with Crippen molar-refractivity contribution in [1.29, 1.82) is 0 Å². The normalized spacial score (nSPS) is 17.8. The van der Waals surface area contributed by atoms with Gasteiger partial charge in [-0.2, -0.15) is 0 Å². The number of hydrogen-bond acceptors (Lipinski definition) is 2. The van der Waals surface area contributed by atoms with Gasteiger partial charge in [-0.1, -0.05) is 25.7 Å². The van der Waals surface area contributed by atoms with Crippen molar-refractivity contribution in [2.75, 3.05) is 0 Å². The Balaban J connectivity index is 1.91. The van der Waals surface area contributed by atoms with E-state index in [1.807, 2.05) is 18.3 Å². The summed E-state index contributed by atoms with van der Waals surface area (Å²) in [4.78, 5) is 19.9. The molecule has 3 nitrogen and oxygen atoms in total. The number of rotatable bonds is 2. The summed E-state index contributed by atoms with van der Waals surface area (Å²) in [6.45, 7) is 0. The number of nitrogens with one attached hydrogen (secondary N) is 1. The Morgan fingerprint density at radius 2 is 2.00 bits per heavy atom. The fraction of sp³-hybridized carbons (Fsp3) is 0.467. The summed E-state index contributed by atoms with van der Waals surface area (Å²) in [6.07, 6.45) is 10.6. The lowest BCUT2D eigenvalue weighted by Crippen LogP contribution is -2.13. The van der Waals surface area contributed by atoms with Gasteiger partial charge in [-0.3, -0.25) is 4.79 Å². The topological polar surface area (TPSA) is 45.8 Å². The van der Waals surface area contributed by atoms with Crippen molar-refractivity contribution in [2.24, 2.45) is 5.92 Å². The lowest BCUT2D eigenvalue weighted by Gasteiger charge is -2.11. The van der Waals surface area contributed by atoms with E-state index in [4.69, 9.17) is 0 Å². The number of Topliss-reactive ketones (excluding diaryl/α,β-unsaturated/α-hetero) is 1. The molecule has 0 spiro atoms. The van der Waals surface area contributed by atoms with Gasteiger partial charge in [0, 0.05) is 29.3 Å². The summed E-state index contributed by atoms with van der Waals surface area (Å²) in [5.41, 5.74) is 1.64. The van der Waals surface area contributed by atoms with Gasteiger partial charge in [-0.25, -0.2) is 4.98 Å². The molecule has 0 saturated heterocycles. The van der Waals surface area contributed by atoms with Crippen LogP contribution >= 0.6 is 0 Å². The van der Waals surface area contributed by atoms with E-state index >= 15 is 0 Å². The number of hydrogen-bond donors (Lipinski definition) is 1. The van der Waals surface area contributed by atoms with E-state index in [9.17, 15) is 4.79 Å². The summed E-state index contributed by atoms with van der Waals surface area (Å²) in [6, 6.07) is 3.86. The molecule has 0 amide bonds. The molecule has 0 aromatic carbocycles. The van der Waals surface area contributed by atoms with Crippen molar-refractivity contribution in [3.63, 3.8) is 0 Å². The first kappa shape index (κ1) is 11.5. The zero-order valence-corrected chi connectivity index (χ0v) is 10.5. The lowest BCUT2D eigenvalue weighted by atomic mass is 9.91. The Kier molecular flexibility index (Phi) is 3.13. The maximum absolute atomic E-state index is 12.6. The molecule has 0 bridgehead atoms. The van der Waals surface area contributed by atoms with E-state index < -0.39 is 0 Å². The molecular weight excluding hydrogens is 224 g/mol. The second kappa shape index (κ2) is 4.92. The van der Waals surface area contributed by atoms with Crippen LogP contribution in [0.4, 0.5) is 0 Å². The summed E-state index contributed by atoms with van der Waals surface area (Å²) in [5.74, 6) is 0.517. The van der Waals surface area contributed by atoms with E-state index in [1.54, 1.807) is 6.20 Å². The summed E-state index contributed by atoms with van der Waals surface area (Å²) in [7, 11) is 0. The van der Waals surface area contributed by atoms with Crippen LogP contribution < -0.4 is 0 Å². The number of carbonyl (C=O) groups excluding carboxylic acids is 1. The smallest absolute Gasteiger partial charge is 0.168 e. The number of pyridine rings is 1. The largest absolute Gasteiger partial charge is 0.345 e. The highest BCUT2D eigenvalue weighted by Crippen LogP contribution is 2.28. The third-order valence-corrected chi connectivity index (χ3v) is 3.94. The van der Waals surface area contributed by atoms with Gasteiger partial charge in [0.2, 0.25) is 0 Å². The number of nitrogens with zero attached hydrogens (tertiary/aromatic N) is 1. The molecule has 2 aromatic heterocycles. The first-order valence-corrected chi connectivity index (χ1v) is 6.82. The van der Waals surface area contributed by atoms with Crippen LogP contribution in [0, 0.1) is 5.92 Å². The monoisotopic (exact) mass is 242 g/mol. The highest BCUT2D eigenvalue weighted by Gasteiger charge is 2.23. The fourth-order valence-electron chi connectivity index (χ4n) is 2.92. The number of fused-ring (bicyclic) bond motifs is 1. The molecule has 3 rings (SSSR count). The number of carbonyl (C=O) groups is 1. The molecule has 1 saturated carbocycles. The van der Waals surface area contributed by atoms with Crippen LogP contribution in [-0.4, -0.2) is 15.8 Å². The highest BCUT2D eigenvalue weighted by atomic mass is 16.1. The third-order valence-electron chi connectivity index (χ3n) is 3.94.